The van der Waals surface area contributed by atoms with E-state index in [0.717, 1.165) is 0 Å². The predicted octanol–water partition coefficient (Wildman–Crippen LogP) is 2.62. The van der Waals surface area contributed by atoms with E-state index in [0.29, 0.717) is 0 Å². The third-order valence-corrected chi connectivity index (χ3v) is 3.40. The third-order valence-electron chi connectivity index (χ3n) is 3.40. The van der Waals surface area contributed by atoms with Gasteiger partial charge in [-0.15, -0.1) is 0 Å². The van der Waals surface area contributed by atoms with Gasteiger partial charge in [-0.3, -0.25) is 4.79 Å². The highest BCUT2D eigenvalue weighted by Crippen LogP contribution is 2.41. The Morgan fingerprint density at radius 3 is 2.39 bits per heavy atom. The van der Waals surface area contributed by atoms with Gasteiger partial charge in [-0.25, -0.2) is 4.39 Å². The molecule has 0 aliphatic carbocycles. The van der Waals surface area contributed by atoms with Crippen molar-refractivity contribution < 1.29 is 19.0 Å². The summed E-state index contributed by atoms with van der Waals surface area (Å²) in [5.74, 6) is -1.10. The van der Waals surface area contributed by atoms with Crippen LogP contribution in [0.15, 0.2) is 24.3 Å². The first-order valence-corrected chi connectivity index (χ1v) is 5.89. The summed E-state index contributed by atoms with van der Waals surface area (Å²) in [6.07, 6.45) is 0. The molecule has 0 aromatic heterocycles. The fraction of sp³-hybridized carbons (Fsp3) is 0.500. The summed E-state index contributed by atoms with van der Waals surface area (Å²) in [6, 6.07) is 5.88. The quantitative estimate of drug-likeness (QED) is 0.840. The summed E-state index contributed by atoms with van der Waals surface area (Å²) in [4.78, 5) is 11.9. The van der Waals surface area contributed by atoms with Crippen molar-refractivity contribution in [3.8, 4) is 0 Å². The van der Waals surface area contributed by atoms with E-state index in [2.05, 4.69) is 0 Å². The second-order valence-electron chi connectivity index (χ2n) is 4.90. The SMILES string of the molecule is CCOC(=O)C(C)(C)C(C)(O)c1ccccc1F. The Morgan fingerprint density at radius 1 is 1.33 bits per heavy atom. The van der Waals surface area contributed by atoms with Gasteiger partial charge in [-0.05, 0) is 33.8 Å². The van der Waals surface area contributed by atoms with E-state index in [-0.39, 0.29) is 12.2 Å². The number of halogens is 1. The fourth-order valence-electron chi connectivity index (χ4n) is 1.70. The zero-order valence-corrected chi connectivity index (χ0v) is 11.2. The molecule has 0 amide bonds. The summed E-state index contributed by atoms with van der Waals surface area (Å²) in [5, 5.41) is 10.6. The van der Waals surface area contributed by atoms with Gasteiger partial charge in [0.05, 0.1) is 12.0 Å². The van der Waals surface area contributed by atoms with E-state index in [9.17, 15) is 14.3 Å². The van der Waals surface area contributed by atoms with Crippen LogP contribution in [0.3, 0.4) is 0 Å². The number of rotatable bonds is 4. The van der Waals surface area contributed by atoms with Crippen LogP contribution in [0, 0.1) is 11.2 Å². The maximum Gasteiger partial charge on any atom is 0.314 e. The highest BCUT2D eigenvalue weighted by Gasteiger charge is 2.48. The molecule has 1 unspecified atom stereocenters. The summed E-state index contributed by atoms with van der Waals surface area (Å²) in [5.41, 5.74) is -2.81. The minimum absolute atomic E-state index is 0.0862. The Bertz CT molecular complexity index is 438. The molecule has 0 spiro atoms. The van der Waals surface area contributed by atoms with E-state index in [1.807, 2.05) is 0 Å². The molecule has 1 aromatic carbocycles. The molecule has 18 heavy (non-hydrogen) atoms. The van der Waals surface area contributed by atoms with E-state index < -0.39 is 22.8 Å². The summed E-state index contributed by atoms with van der Waals surface area (Å²) in [7, 11) is 0. The molecule has 0 heterocycles. The number of aliphatic hydroxyl groups is 1. The number of hydrogen-bond acceptors (Lipinski definition) is 3. The van der Waals surface area contributed by atoms with Crippen molar-refractivity contribution in [3.63, 3.8) is 0 Å². The molecule has 1 aromatic rings. The van der Waals surface area contributed by atoms with Gasteiger partial charge < -0.3 is 9.84 Å². The molecule has 3 nitrogen and oxygen atoms in total. The van der Waals surface area contributed by atoms with Gasteiger partial charge in [0.1, 0.15) is 11.4 Å². The third kappa shape index (κ3) is 2.38. The van der Waals surface area contributed by atoms with Crippen molar-refractivity contribution in [2.45, 2.75) is 33.3 Å². The minimum Gasteiger partial charge on any atom is -0.465 e. The van der Waals surface area contributed by atoms with Gasteiger partial charge >= 0.3 is 5.97 Å². The number of hydrogen-bond donors (Lipinski definition) is 1. The molecule has 1 atom stereocenters. The van der Waals surface area contributed by atoms with Crippen molar-refractivity contribution in [1.29, 1.82) is 0 Å². The summed E-state index contributed by atoms with van der Waals surface area (Å²) in [6.45, 7) is 6.40. The van der Waals surface area contributed by atoms with Crippen molar-refractivity contribution in [2.24, 2.45) is 5.41 Å². The average Bonchev–Trinajstić information content (AvgIpc) is 2.29. The van der Waals surface area contributed by atoms with Crippen LogP contribution in [-0.2, 0) is 15.1 Å². The highest BCUT2D eigenvalue weighted by molar-refractivity contribution is 5.77. The second-order valence-corrected chi connectivity index (χ2v) is 4.90. The number of carbonyl (C=O) groups excluding carboxylic acids is 1. The topological polar surface area (TPSA) is 46.5 Å². The van der Waals surface area contributed by atoms with E-state index >= 15 is 0 Å². The lowest BCUT2D eigenvalue weighted by Crippen LogP contribution is -2.46. The van der Waals surface area contributed by atoms with Crippen LogP contribution in [0.4, 0.5) is 4.39 Å². The molecule has 1 rings (SSSR count). The van der Waals surface area contributed by atoms with Crippen LogP contribution in [0.2, 0.25) is 0 Å². The van der Waals surface area contributed by atoms with Crippen LogP contribution in [-0.4, -0.2) is 17.7 Å². The van der Waals surface area contributed by atoms with E-state index in [1.54, 1.807) is 13.0 Å². The van der Waals surface area contributed by atoms with Gasteiger partial charge in [0.25, 0.3) is 0 Å². The van der Waals surface area contributed by atoms with Crippen LogP contribution in [0.1, 0.15) is 33.3 Å². The Balaban J connectivity index is 3.20. The van der Waals surface area contributed by atoms with Crippen molar-refractivity contribution >= 4 is 5.97 Å². The molecule has 0 saturated heterocycles. The normalized spacial score (nSPS) is 15.0. The minimum atomic E-state index is -1.65. The second kappa shape index (κ2) is 5.06. The summed E-state index contributed by atoms with van der Waals surface area (Å²) < 4.78 is 18.7. The van der Waals surface area contributed by atoms with Crippen LogP contribution < -0.4 is 0 Å². The average molecular weight is 254 g/mol. The molecule has 0 aliphatic heterocycles. The molecule has 0 fully saturated rings. The van der Waals surface area contributed by atoms with Gasteiger partial charge in [0.2, 0.25) is 0 Å². The van der Waals surface area contributed by atoms with E-state index in [1.165, 1.54) is 39.0 Å². The van der Waals surface area contributed by atoms with Gasteiger partial charge in [0.15, 0.2) is 0 Å². The predicted molar refractivity (Wildman–Crippen MR) is 66.4 cm³/mol. The van der Waals surface area contributed by atoms with Crippen LogP contribution in [0.25, 0.3) is 0 Å². The first-order chi connectivity index (χ1) is 8.25. The first-order valence-electron chi connectivity index (χ1n) is 5.89. The summed E-state index contributed by atoms with van der Waals surface area (Å²) >= 11 is 0. The maximum atomic E-state index is 13.8. The zero-order valence-electron chi connectivity index (χ0n) is 11.2. The largest absolute Gasteiger partial charge is 0.465 e. The number of esters is 1. The van der Waals surface area contributed by atoms with Crippen molar-refractivity contribution in [3.05, 3.63) is 35.6 Å². The highest BCUT2D eigenvalue weighted by atomic mass is 19.1. The smallest absolute Gasteiger partial charge is 0.314 e. The Morgan fingerprint density at radius 2 is 1.89 bits per heavy atom. The molecule has 0 aliphatic rings. The van der Waals surface area contributed by atoms with Crippen molar-refractivity contribution in [2.75, 3.05) is 6.61 Å². The van der Waals surface area contributed by atoms with E-state index in [4.69, 9.17) is 4.74 Å². The monoisotopic (exact) mass is 254 g/mol. The molecular formula is C14H19FO3. The lowest BCUT2D eigenvalue weighted by molar-refractivity contribution is -0.170. The molecule has 4 heteroatoms. The van der Waals surface area contributed by atoms with Gasteiger partial charge in [-0.2, -0.15) is 0 Å². The molecule has 0 bridgehead atoms. The lowest BCUT2D eigenvalue weighted by Gasteiger charge is -2.38. The zero-order chi connectivity index (χ0) is 14.0. The van der Waals surface area contributed by atoms with Crippen LogP contribution >= 0.6 is 0 Å². The van der Waals surface area contributed by atoms with Gasteiger partial charge in [0, 0.05) is 5.56 Å². The maximum absolute atomic E-state index is 13.8. The molecular weight excluding hydrogens is 235 g/mol. The van der Waals surface area contributed by atoms with Gasteiger partial charge in [-0.1, -0.05) is 18.2 Å². The number of carbonyl (C=O) groups is 1. The Hall–Kier alpha value is -1.42. The van der Waals surface area contributed by atoms with Crippen molar-refractivity contribution in [1.82, 2.24) is 0 Å². The number of ether oxygens (including phenoxy) is 1. The standard InChI is InChI=1S/C14H19FO3/c1-5-18-12(16)13(2,3)14(4,17)10-8-6-7-9-11(10)15/h6-9,17H,5H2,1-4H3. The number of benzene rings is 1. The fourth-order valence-corrected chi connectivity index (χ4v) is 1.70. The lowest BCUT2D eigenvalue weighted by atomic mass is 9.72. The molecule has 0 saturated carbocycles. The molecule has 0 radical (unpaired) electrons. The van der Waals surface area contributed by atoms with Crippen LogP contribution in [0.5, 0.6) is 0 Å². The molecule has 100 valence electrons. The first kappa shape index (κ1) is 14.6. The Labute approximate surface area is 107 Å². The Kier molecular flexibility index (Phi) is 4.12. The molecule has 1 N–H and O–H groups in total.